The molecule has 0 saturated carbocycles. The molecule has 28 heavy (non-hydrogen) atoms. The standard InChI is InChI=1S/C22H20N2O4/c1-15-7-8-18-17(13-27-20(18)11-15)12-22(26)28-14-21(25)24-10-9-19(23-24)16-5-3-2-4-6-16/h2-8,11,13H,9-10,12,14H2,1H3. The molecule has 0 radical (unpaired) electrons. The first-order chi connectivity index (χ1) is 13.6. The smallest absolute Gasteiger partial charge is 0.310 e. The molecule has 0 bridgehead atoms. The summed E-state index contributed by atoms with van der Waals surface area (Å²) >= 11 is 0. The van der Waals surface area contributed by atoms with Crippen molar-refractivity contribution in [1.29, 1.82) is 0 Å². The van der Waals surface area contributed by atoms with Crippen LogP contribution in [-0.4, -0.2) is 35.7 Å². The molecule has 3 aromatic rings. The van der Waals surface area contributed by atoms with E-state index in [1.54, 1.807) is 6.26 Å². The van der Waals surface area contributed by atoms with E-state index in [1.807, 2.05) is 55.5 Å². The van der Waals surface area contributed by atoms with Crippen LogP contribution in [0.1, 0.15) is 23.1 Å². The van der Waals surface area contributed by atoms with Crippen molar-refractivity contribution < 1.29 is 18.7 Å². The van der Waals surface area contributed by atoms with Gasteiger partial charge >= 0.3 is 5.97 Å². The molecule has 2 heterocycles. The lowest BCUT2D eigenvalue weighted by Crippen LogP contribution is -2.29. The maximum absolute atomic E-state index is 12.3. The molecule has 0 spiro atoms. The highest BCUT2D eigenvalue weighted by atomic mass is 16.5. The zero-order valence-corrected chi connectivity index (χ0v) is 15.6. The van der Waals surface area contributed by atoms with Crippen LogP contribution >= 0.6 is 0 Å². The summed E-state index contributed by atoms with van der Waals surface area (Å²) in [6.07, 6.45) is 2.30. The van der Waals surface area contributed by atoms with Gasteiger partial charge in [0.15, 0.2) is 6.61 Å². The zero-order valence-electron chi connectivity index (χ0n) is 15.6. The van der Waals surface area contributed by atoms with Crippen LogP contribution in [-0.2, 0) is 20.7 Å². The monoisotopic (exact) mass is 376 g/mol. The maximum atomic E-state index is 12.3. The van der Waals surface area contributed by atoms with Crippen molar-refractivity contribution in [3.63, 3.8) is 0 Å². The molecule has 0 fully saturated rings. The van der Waals surface area contributed by atoms with Crippen molar-refractivity contribution in [3.05, 3.63) is 71.5 Å². The fraction of sp³-hybridized carbons (Fsp3) is 0.227. The van der Waals surface area contributed by atoms with Gasteiger partial charge in [-0.15, -0.1) is 0 Å². The van der Waals surface area contributed by atoms with Crippen LogP contribution in [0, 0.1) is 6.92 Å². The van der Waals surface area contributed by atoms with Gasteiger partial charge in [0.2, 0.25) is 0 Å². The number of ether oxygens (including phenoxy) is 1. The van der Waals surface area contributed by atoms with Crippen LogP contribution < -0.4 is 0 Å². The Bertz CT molecular complexity index is 1050. The Morgan fingerprint density at radius 1 is 1.18 bits per heavy atom. The summed E-state index contributed by atoms with van der Waals surface area (Å²) in [6, 6.07) is 15.5. The van der Waals surface area contributed by atoms with Crippen LogP contribution in [0.15, 0.2) is 64.3 Å². The van der Waals surface area contributed by atoms with Crippen LogP contribution in [0.2, 0.25) is 0 Å². The van der Waals surface area contributed by atoms with E-state index >= 15 is 0 Å². The van der Waals surface area contributed by atoms with Gasteiger partial charge in [-0.05, 0) is 24.1 Å². The van der Waals surface area contributed by atoms with E-state index in [-0.39, 0.29) is 18.9 Å². The molecule has 2 aromatic carbocycles. The van der Waals surface area contributed by atoms with Gasteiger partial charge in [-0.3, -0.25) is 9.59 Å². The molecule has 0 unspecified atom stereocenters. The number of hydrogen-bond acceptors (Lipinski definition) is 5. The minimum absolute atomic E-state index is 0.0574. The quantitative estimate of drug-likeness (QED) is 0.639. The summed E-state index contributed by atoms with van der Waals surface area (Å²) in [5.74, 6) is -0.796. The summed E-state index contributed by atoms with van der Waals surface area (Å²) in [6.45, 7) is 2.15. The second-order valence-corrected chi connectivity index (χ2v) is 6.78. The van der Waals surface area contributed by atoms with Gasteiger partial charge in [0, 0.05) is 17.4 Å². The van der Waals surface area contributed by atoms with Crippen molar-refractivity contribution >= 4 is 28.6 Å². The minimum atomic E-state index is -0.469. The third kappa shape index (κ3) is 3.81. The molecule has 4 rings (SSSR count). The number of carbonyl (C=O) groups excluding carboxylic acids is 2. The molecular weight excluding hydrogens is 356 g/mol. The molecular formula is C22H20N2O4. The highest BCUT2D eigenvalue weighted by molar-refractivity contribution is 6.02. The first-order valence-corrected chi connectivity index (χ1v) is 9.16. The van der Waals surface area contributed by atoms with Crippen LogP contribution in [0.25, 0.3) is 11.0 Å². The molecule has 0 aliphatic carbocycles. The van der Waals surface area contributed by atoms with Gasteiger partial charge in [0.25, 0.3) is 5.91 Å². The number of furan rings is 1. The second kappa shape index (κ2) is 7.68. The SMILES string of the molecule is Cc1ccc2c(CC(=O)OCC(=O)N3CCC(c4ccccc4)=N3)coc2c1. The number of carbonyl (C=O) groups is 2. The number of aryl methyl sites for hydroxylation is 1. The van der Waals surface area contributed by atoms with Crippen molar-refractivity contribution in [3.8, 4) is 0 Å². The van der Waals surface area contributed by atoms with Crippen molar-refractivity contribution in [1.82, 2.24) is 5.01 Å². The first-order valence-electron chi connectivity index (χ1n) is 9.16. The Kier molecular flexibility index (Phi) is 4.93. The summed E-state index contributed by atoms with van der Waals surface area (Å²) < 4.78 is 10.7. The van der Waals surface area contributed by atoms with Gasteiger partial charge in [0.05, 0.1) is 24.9 Å². The third-order valence-corrected chi connectivity index (χ3v) is 4.70. The number of amides is 1. The Morgan fingerprint density at radius 3 is 2.82 bits per heavy atom. The average Bonchev–Trinajstić information content (AvgIpc) is 3.34. The van der Waals surface area contributed by atoms with Gasteiger partial charge in [0.1, 0.15) is 5.58 Å². The second-order valence-electron chi connectivity index (χ2n) is 6.78. The lowest BCUT2D eigenvalue weighted by atomic mass is 10.1. The van der Waals surface area contributed by atoms with E-state index in [1.165, 1.54) is 5.01 Å². The van der Waals surface area contributed by atoms with Gasteiger partial charge < -0.3 is 9.15 Å². The van der Waals surface area contributed by atoms with Crippen molar-refractivity contribution in [2.45, 2.75) is 19.8 Å². The molecule has 1 amide bonds. The Hall–Kier alpha value is -3.41. The minimum Gasteiger partial charge on any atom is -0.464 e. The lowest BCUT2D eigenvalue weighted by Gasteiger charge is -2.11. The summed E-state index contributed by atoms with van der Waals surface area (Å²) in [5, 5.41) is 6.60. The van der Waals surface area contributed by atoms with Crippen LogP contribution in [0.5, 0.6) is 0 Å². The average molecular weight is 376 g/mol. The number of hydrazone groups is 1. The van der Waals surface area contributed by atoms with Crippen molar-refractivity contribution in [2.75, 3.05) is 13.2 Å². The Morgan fingerprint density at radius 2 is 2.00 bits per heavy atom. The molecule has 1 aromatic heterocycles. The van der Waals surface area contributed by atoms with Crippen LogP contribution in [0.3, 0.4) is 0 Å². The van der Waals surface area contributed by atoms with Crippen molar-refractivity contribution in [2.24, 2.45) is 5.10 Å². The number of fused-ring (bicyclic) bond motifs is 1. The highest BCUT2D eigenvalue weighted by Gasteiger charge is 2.22. The Balaban J connectivity index is 1.33. The van der Waals surface area contributed by atoms with Crippen LogP contribution in [0.4, 0.5) is 0 Å². The molecule has 0 saturated heterocycles. The largest absolute Gasteiger partial charge is 0.464 e. The fourth-order valence-electron chi connectivity index (χ4n) is 3.22. The lowest BCUT2D eigenvalue weighted by molar-refractivity contribution is -0.151. The number of benzene rings is 2. The molecule has 6 heteroatoms. The van der Waals surface area contributed by atoms with Gasteiger partial charge in [-0.25, -0.2) is 5.01 Å². The molecule has 0 atom stereocenters. The Labute approximate surface area is 162 Å². The molecule has 142 valence electrons. The number of esters is 1. The third-order valence-electron chi connectivity index (χ3n) is 4.70. The van der Waals surface area contributed by atoms with E-state index in [4.69, 9.17) is 9.15 Å². The van der Waals surface area contributed by atoms with Gasteiger partial charge in [-0.1, -0.05) is 42.5 Å². The van der Waals surface area contributed by atoms with E-state index in [0.717, 1.165) is 33.4 Å². The van der Waals surface area contributed by atoms with E-state index < -0.39 is 5.97 Å². The molecule has 6 nitrogen and oxygen atoms in total. The molecule has 1 aliphatic heterocycles. The van der Waals surface area contributed by atoms with E-state index in [2.05, 4.69) is 5.10 Å². The number of hydrogen-bond donors (Lipinski definition) is 0. The topological polar surface area (TPSA) is 72.1 Å². The predicted molar refractivity (Wildman–Crippen MR) is 105 cm³/mol. The zero-order chi connectivity index (χ0) is 19.5. The predicted octanol–water partition coefficient (Wildman–Crippen LogP) is 3.46. The van der Waals surface area contributed by atoms with Gasteiger partial charge in [-0.2, -0.15) is 5.10 Å². The summed E-state index contributed by atoms with van der Waals surface area (Å²) in [7, 11) is 0. The highest BCUT2D eigenvalue weighted by Crippen LogP contribution is 2.23. The van der Waals surface area contributed by atoms with E-state index in [0.29, 0.717) is 13.0 Å². The van der Waals surface area contributed by atoms with E-state index in [9.17, 15) is 9.59 Å². The first kappa shape index (κ1) is 18.0. The molecule has 0 N–H and O–H groups in total. The normalized spacial score (nSPS) is 13.6. The number of nitrogens with zero attached hydrogens (tertiary/aromatic N) is 2. The fourth-order valence-corrected chi connectivity index (χ4v) is 3.22. The summed E-state index contributed by atoms with van der Waals surface area (Å²) in [4.78, 5) is 24.5. The summed E-state index contributed by atoms with van der Waals surface area (Å²) in [5.41, 5.74) is 4.43. The maximum Gasteiger partial charge on any atom is 0.310 e. The molecule has 1 aliphatic rings. The number of rotatable bonds is 5.